The van der Waals surface area contributed by atoms with Crippen LogP contribution in [-0.2, 0) is 10.0 Å². The van der Waals surface area contributed by atoms with Crippen molar-refractivity contribution < 1.29 is 17.9 Å². The smallest absolute Gasteiger partial charge is 0.241 e. The molecular weight excluding hydrogens is 373 g/mol. The number of aliphatic hydroxyl groups excluding tert-OH is 1. The maximum atomic E-state index is 14.0. The molecule has 8 nitrogen and oxygen atoms in total. The fourth-order valence-electron chi connectivity index (χ4n) is 3.76. The molecule has 5 rings (SSSR count). The zero-order valence-electron chi connectivity index (χ0n) is 14.8. The minimum absolute atomic E-state index is 0.0736. The number of aromatic nitrogens is 3. The van der Waals surface area contributed by atoms with E-state index in [9.17, 15) is 17.9 Å². The molecule has 2 aromatic rings. The fraction of sp³-hybridized carbons (Fsp3) is 0.647. The van der Waals surface area contributed by atoms with Gasteiger partial charge in [0.25, 0.3) is 0 Å². The maximum Gasteiger partial charge on any atom is 0.241 e. The molecule has 0 bridgehead atoms. The minimum Gasteiger partial charge on any atom is -0.390 e. The lowest BCUT2D eigenvalue weighted by molar-refractivity contribution is 0.0946. The van der Waals surface area contributed by atoms with Crippen molar-refractivity contribution in [2.24, 2.45) is 0 Å². The van der Waals surface area contributed by atoms with E-state index in [1.807, 2.05) is 0 Å². The molecule has 3 fully saturated rings. The Kier molecular flexibility index (Phi) is 3.92. The van der Waals surface area contributed by atoms with Crippen molar-refractivity contribution in [3.05, 3.63) is 23.8 Å². The second-order valence-corrected chi connectivity index (χ2v) is 9.99. The van der Waals surface area contributed by atoms with E-state index >= 15 is 0 Å². The third-order valence-electron chi connectivity index (χ3n) is 5.66. The van der Waals surface area contributed by atoms with Crippen molar-refractivity contribution in [1.82, 2.24) is 18.9 Å². The molecule has 3 heterocycles. The van der Waals surface area contributed by atoms with Gasteiger partial charge in [-0.05, 0) is 38.2 Å². The molecule has 0 aromatic carbocycles. The highest BCUT2D eigenvalue weighted by Gasteiger charge is 2.43. The monoisotopic (exact) mass is 395 g/mol. The molecule has 0 radical (unpaired) electrons. The summed E-state index contributed by atoms with van der Waals surface area (Å²) in [5.74, 6) is 0.316. The summed E-state index contributed by atoms with van der Waals surface area (Å²) >= 11 is 0. The van der Waals surface area contributed by atoms with Crippen molar-refractivity contribution >= 4 is 21.5 Å². The number of β-amino-alcohol motifs (C(OH)–C–C–N with tert-alkyl or cyclic N) is 1. The van der Waals surface area contributed by atoms with Crippen LogP contribution in [0.2, 0.25) is 0 Å². The highest BCUT2D eigenvalue weighted by Crippen LogP contribution is 2.41. The minimum atomic E-state index is -3.28. The van der Waals surface area contributed by atoms with Gasteiger partial charge in [0, 0.05) is 24.7 Å². The predicted octanol–water partition coefficient (Wildman–Crippen LogP) is 1.09. The first kappa shape index (κ1) is 17.3. The molecule has 10 heteroatoms. The summed E-state index contributed by atoms with van der Waals surface area (Å²) in [6.07, 6.45) is 4.54. The van der Waals surface area contributed by atoms with Crippen LogP contribution in [0.15, 0.2) is 12.3 Å². The molecule has 2 aromatic heterocycles. The Morgan fingerprint density at radius 3 is 2.67 bits per heavy atom. The van der Waals surface area contributed by atoms with Crippen LogP contribution in [0.25, 0.3) is 5.52 Å². The molecule has 146 valence electrons. The molecule has 2 saturated carbocycles. The number of sulfonamides is 1. The lowest BCUT2D eigenvalue weighted by Gasteiger charge is -2.35. The van der Waals surface area contributed by atoms with E-state index in [0.717, 1.165) is 18.5 Å². The van der Waals surface area contributed by atoms with Gasteiger partial charge >= 0.3 is 0 Å². The number of anilines is 1. The van der Waals surface area contributed by atoms with E-state index in [-0.39, 0.29) is 23.7 Å². The Morgan fingerprint density at radius 1 is 1.22 bits per heavy atom. The van der Waals surface area contributed by atoms with Crippen molar-refractivity contribution in [1.29, 1.82) is 0 Å². The molecule has 0 amide bonds. The van der Waals surface area contributed by atoms with Crippen LogP contribution in [0.4, 0.5) is 10.3 Å². The van der Waals surface area contributed by atoms with Crippen LogP contribution in [-0.4, -0.2) is 62.9 Å². The predicted molar refractivity (Wildman–Crippen MR) is 96.5 cm³/mol. The van der Waals surface area contributed by atoms with E-state index < -0.39 is 16.1 Å². The molecular formula is C17H22FN5O3S. The summed E-state index contributed by atoms with van der Waals surface area (Å²) < 4.78 is 41.7. The summed E-state index contributed by atoms with van der Waals surface area (Å²) in [5.41, 5.74) is 1.19. The van der Waals surface area contributed by atoms with Crippen LogP contribution < -0.4 is 5.32 Å². The first-order valence-electron chi connectivity index (χ1n) is 9.41. The van der Waals surface area contributed by atoms with Gasteiger partial charge in [-0.1, -0.05) is 0 Å². The first-order valence-corrected chi connectivity index (χ1v) is 10.9. The van der Waals surface area contributed by atoms with Crippen LogP contribution in [0.3, 0.4) is 0 Å². The normalized spacial score (nSPS) is 27.2. The maximum absolute atomic E-state index is 14.0. The standard InChI is InChI=1S/C17H22FN5O3S/c18-12-7-14(10-1-2-10)23-15(12)8-19-17(21-23)20-13-5-6-22(9-16(13)24)27(25,26)11-3-4-11/h7-8,10-11,13,16,24H,1-6,9H2,(H,20,21)/t13-,16-/m1/s1. The second-order valence-electron chi connectivity index (χ2n) is 7.78. The van der Waals surface area contributed by atoms with E-state index in [4.69, 9.17) is 0 Å². The van der Waals surface area contributed by atoms with Gasteiger partial charge in [0.1, 0.15) is 5.52 Å². The van der Waals surface area contributed by atoms with Gasteiger partial charge in [-0.25, -0.2) is 22.3 Å². The number of piperidine rings is 1. The molecule has 2 aliphatic carbocycles. The summed E-state index contributed by atoms with van der Waals surface area (Å²) in [5, 5.41) is 17.7. The number of hydrogen-bond acceptors (Lipinski definition) is 6. The summed E-state index contributed by atoms with van der Waals surface area (Å²) in [6.45, 7) is 0.436. The van der Waals surface area contributed by atoms with Crippen molar-refractivity contribution in [3.63, 3.8) is 0 Å². The number of hydrogen-bond donors (Lipinski definition) is 2. The Morgan fingerprint density at radius 2 is 2.00 bits per heavy atom. The van der Waals surface area contributed by atoms with Gasteiger partial charge in [0.2, 0.25) is 16.0 Å². The number of aliphatic hydroxyl groups is 1. The van der Waals surface area contributed by atoms with Crippen LogP contribution in [0.5, 0.6) is 0 Å². The van der Waals surface area contributed by atoms with Crippen molar-refractivity contribution in [2.45, 2.75) is 55.4 Å². The molecule has 3 aliphatic rings. The van der Waals surface area contributed by atoms with E-state index in [1.165, 1.54) is 16.6 Å². The molecule has 1 saturated heterocycles. The number of nitrogens with one attached hydrogen (secondary N) is 1. The fourth-order valence-corrected chi connectivity index (χ4v) is 5.63. The average molecular weight is 395 g/mol. The van der Waals surface area contributed by atoms with Gasteiger partial charge in [0.15, 0.2) is 5.82 Å². The Hall–Kier alpha value is -1.78. The molecule has 27 heavy (non-hydrogen) atoms. The molecule has 0 spiro atoms. The Labute approximate surface area is 156 Å². The van der Waals surface area contributed by atoms with Gasteiger partial charge in [-0.3, -0.25) is 0 Å². The van der Waals surface area contributed by atoms with E-state index in [1.54, 1.807) is 4.52 Å². The molecule has 2 N–H and O–H groups in total. The van der Waals surface area contributed by atoms with Crippen molar-refractivity contribution in [2.75, 3.05) is 18.4 Å². The molecule has 0 unspecified atom stereocenters. The summed E-state index contributed by atoms with van der Waals surface area (Å²) in [6, 6.07) is 1.17. The lowest BCUT2D eigenvalue weighted by atomic mass is 10.0. The number of halogens is 1. The topological polar surface area (TPSA) is 99.8 Å². The SMILES string of the molecule is O=S(=O)(C1CC1)N1CC[C@@H](Nc2ncc3c(F)cc(C4CC4)n3n2)[C@H](O)C1. The van der Waals surface area contributed by atoms with Crippen LogP contribution >= 0.6 is 0 Å². The zero-order chi connectivity index (χ0) is 18.8. The Bertz CT molecular complexity index is 986. The van der Waals surface area contributed by atoms with Gasteiger partial charge in [-0.15, -0.1) is 5.10 Å². The summed E-state index contributed by atoms with van der Waals surface area (Å²) in [7, 11) is -3.28. The highest BCUT2D eigenvalue weighted by molar-refractivity contribution is 7.90. The van der Waals surface area contributed by atoms with Gasteiger partial charge in [-0.2, -0.15) is 4.31 Å². The van der Waals surface area contributed by atoms with E-state index in [2.05, 4.69) is 15.4 Å². The van der Waals surface area contributed by atoms with Crippen molar-refractivity contribution in [3.8, 4) is 0 Å². The Balaban J connectivity index is 1.32. The lowest BCUT2D eigenvalue weighted by Crippen LogP contribution is -2.52. The van der Waals surface area contributed by atoms with Crippen LogP contribution in [0, 0.1) is 5.82 Å². The van der Waals surface area contributed by atoms with Gasteiger partial charge in [0.05, 0.1) is 23.6 Å². The zero-order valence-corrected chi connectivity index (χ0v) is 15.6. The highest BCUT2D eigenvalue weighted by atomic mass is 32.2. The number of nitrogens with zero attached hydrogens (tertiary/aromatic N) is 4. The molecule has 2 atom stereocenters. The van der Waals surface area contributed by atoms with E-state index in [0.29, 0.717) is 43.2 Å². The first-order chi connectivity index (χ1) is 12.9. The molecule has 1 aliphatic heterocycles. The third kappa shape index (κ3) is 3.09. The third-order valence-corrected chi connectivity index (χ3v) is 8.02. The van der Waals surface area contributed by atoms with Crippen LogP contribution in [0.1, 0.15) is 43.7 Å². The average Bonchev–Trinajstić information content (AvgIpc) is 3.54. The number of rotatable bonds is 5. The quantitative estimate of drug-likeness (QED) is 0.786. The summed E-state index contributed by atoms with van der Waals surface area (Å²) in [4.78, 5) is 4.17. The van der Waals surface area contributed by atoms with Gasteiger partial charge < -0.3 is 10.4 Å². The largest absolute Gasteiger partial charge is 0.390 e. The second kappa shape index (κ2) is 6.11. The number of fused-ring (bicyclic) bond motifs is 1.